The lowest BCUT2D eigenvalue weighted by Gasteiger charge is -2.11. The van der Waals surface area contributed by atoms with Gasteiger partial charge < -0.3 is 9.84 Å². The molecule has 1 rings (SSSR count). The highest BCUT2D eigenvalue weighted by Gasteiger charge is 2.24. The minimum Gasteiger partial charge on any atom is -0.503 e. The third-order valence-electron chi connectivity index (χ3n) is 3.07. The highest BCUT2D eigenvalue weighted by Crippen LogP contribution is 2.30. The highest BCUT2D eigenvalue weighted by atomic mass is 35.5. The number of phenols is 1. The number of aromatic hydroxyl groups is 1. The second kappa shape index (κ2) is 12.1. The zero-order chi connectivity index (χ0) is 20.4. The molecule has 27 heavy (non-hydrogen) atoms. The van der Waals surface area contributed by atoms with Crippen LogP contribution in [0.1, 0.15) is 12.0 Å². The number of halogens is 5. The van der Waals surface area contributed by atoms with Gasteiger partial charge in [0.2, 0.25) is 11.6 Å². The summed E-state index contributed by atoms with van der Waals surface area (Å²) in [5, 5.41) is 11.9. The van der Waals surface area contributed by atoms with Gasteiger partial charge in [-0.1, -0.05) is 21.6 Å². The molecule has 0 atom stereocenters. The first-order chi connectivity index (χ1) is 12.8. The number of phenolic OH excluding ortho intramolecular Hbond substituents is 1. The maximum absolute atomic E-state index is 13.6. The fraction of sp³-hybridized carbons (Fsp3) is 0.500. The molecule has 13 heteroatoms. The maximum atomic E-state index is 13.6. The Morgan fingerprint density at radius 3 is 2.26 bits per heavy atom. The summed E-state index contributed by atoms with van der Waals surface area (Å²) in [5.41, 5.74) is -0.761. The van der Waals surface area contributed by atoms with Crippen LogP contribution in [-0.2, 0) is 11.2 Å². The Labute approximate surface area is 164 Å². The zero-order valence-corrected chi connectivity index (χ0v) is 16.1. The van der Waals surface area contributed by atoms with Crippen molar-refractivity contribution in [3.63, 3.8) is 0 Å². The molecule has 0 aromatic heterocycles. The Kier molecular flexibility index (Phi) is 10.6. The number of hydrogen-bond donors (Lipinski definition) is 1. The Balaban J connectivity index is 2.27. The predicted octanol–water partition coefficient (Wildman–Crippen LogP) is 4.62. The van der Waals surface area contributed by atoms with Crippen LogP contribution in [0.4, 0.5) is 22.4 Å². The van der Waals surface area contributed by atoms with Gasteiger partial charge in [-0.3, -0.25) is 0 Å². The van der Waals surface area contributed by atoms with E-state index >= 15 is 0 Å². The standard InChI is InChI=1S/C14H15ClF4N2O4S2/c15-3-4-21(20-24)14(23)25-5-7-27-26-6-1-2-8-9(16)11(18)13(22)12(19)10(8)17/h22H,1-7H2. The molecule has 0 fully saturated rings. The van der Waals surface area contributed by atoms with Crippen molar-refractivity contribution in [2.24, 2.45) is 5.29 Å². The van der Waals surface area contributed by atoms with Crippen LogP contribution in [0.5, 0.6) is 5.75 Å². The van der Waals surface area contributed by atoms with Crippen molar-refractivity contribution in [2.45, 2.75) is 12.8 Å². The number of nitrogens with zero attached hydrogens (tertiary/aromatic N) is 2. The molecule has 0 heterocycles. The molecule has 1 amide bonds. The van der Waals surface area contributed by atoms with Crippen LogP contribution in [0.25, 0.3) is 0 Å². The molecule has 0 saturated heterocycles. The number of benzene rings is 1. The molecule has 152 valence electrons. The second-order valence-electron chi connectivity index (χ2n) is 4.84. The quantitative estimate of drug-likeness (QED) is 0.101. The molecule has 0 radical (unpaired) electrons. The third-order valence-corrected chi connectivity index (χ3v) is 5.69. The van der Waals surface area contributed by atoms with Crippen molar-refractivity contribution < 1.29 is 32.2 Å². The van der Waals surface area contributed by atoms with Gasteiger partial charge in [-0.05, 0) is 12.8 Å². The van der Waals surface area contributed by atoms with Crippen LogP contribution >= 0.6 is 33.2 Å². The molecule has 1 aromatic carbocycles. The van der Waals surface area contributed by atoms with Gasteiger partial charge in [-0.2, -0.15) is 13.8 Å². The molecule has 1 N–H and O–H groups in total. The van der Waals surface area contributed by atoms with Gasteiger partial charge in [0.15, 0.2) is 17.4 Å². The number of ether oxygens (including phenoxy) is 1. The van der Waals surface area contributed by atoms with Gasteiger partial charge in [-0.25, -0.2) is 13.6 Å². The molecule has 0 bridgehead atoms. The lowest BCUT2D eigenvalue weighted by molar-refractivity contribution is 0.111. The SMILES string of the molecule is O=NN(CCCl)C(=O)OCCSSCCCc1c(F)c(F)c(O)c(F)c1F. The van der Waals surface area contributed by atoms with Crippen LogP contribution in [0.3, 0.4) is 0 Å². The van der Waals surface area contributed by atoms with E-state index < -0.39 is 40.7 Å². The van der Waals surface area contributed by atoms with Crippen molar-refractivity contribution in [1.29, 1.82) is 0 Å². The molecule has 0 unspecified atom stereocenters. The van der Waals surface area contributed by atoms with Crippen molar-refractivity contribution in [3.05, 3.63) is 33.7 Å². The fourth-order valence-electron chi connectivity index (χ4n) is 1.79. The number of carbonyl (C=O) groups excluding carboxylic acids is 1. The molecule has 0 aliphatic rings. The lowest BCUT2D eigenvalue weighted by Crippen LogP contribution is -2.28. The lowest BCUT2D eigenvalue weighted by atomic mass is 10.1. The molecule has 6 nitrogen and oxygen atoms in total. The van der Waals surface area contributed by atoms with Crippen molar-refractivity contribution in [3.8, 4) is 5.75 Å². The fourth-order valence-corrected chi connectivity index (χ4v) is 3.87. The number of alkyl halides is 1. The monoisotopic (exact) mass is 450 g/mol. The van der Waals surface area contributed by atoms with Gasteiger partial charge in [0, 0.05) is 22.9 Å². The van der Waals surface area contributed by atoms with E-state index in [2.05, 4.69) is 5.29 Å². The van der Waals surface area contributed by atoms with Gasteiger partial charge in [-0.15, -0.1) is 16.5 Å². The van der Waals surface area contributed by atoms with Crippen LogP contribution < -0.4 is 0 Å². The minimum absolute atomic E-state index is 0.00243. The molecule has 0 spiro atoms. The second-order valence-corrected chi connectivity index (χ2v) is 7.92. The molecule has 0 aliphatic heterocycles. The van der Waals surface area contributed by atoms with E-state index in [0.29, 0.717) is 16.5 Å². The Morgan fingerprint density at radius 2 is 1.70 bits per heavy atom. The van der Waals surface area contributed by atoms with Gasteiger partial charge >= 0.3 is 6.09 Å². The summed E-state index contributed by atoms with van der Waals surface area (Å²) in [6, 6.07) is 0. The first-order valence-electron chi connectivity index (χ1n) is 7.46. The summed E-state index contributed by atoms with van der Waals surface area (Å²) in [5.74, 6) is -7.74. The number of rotatable bonds is 11. The van der Waals surface area contributed by atoms with Gasteiger partial charge in [0.05, 0.1) is 11.8 Å². The Bertz CT molecular complexity index is 643. The molecule has 0 saturated carbocycles. The summed E-state index contributed by atoms with van der Waals surface area (Å²) in [7, 11) is 2.59. The van der Waals surface area contributed by atoms with E-state index in [0.717, 1.165) is 0 Å². The van der Waals surface area contributed by atoms with Crippen LogP contribution in [-0.4, -0.2) is 46.7 Å². The molecular weight excluding hydrogens is 436 g/mol. The van der Waals surface area contributed by atoms with E-state index in [-0.39, 0.29) is 31.9 Å². The largest absolute Gasteiger partial charge is 0.503 e. The normalized spacial score (nSPS) is 10.7. The Hall–Kier alpha value is -1.40. The van der Waals surface area contributed by atoms with E-state index in [4.69, 9.17) is 21.4 Å². The van der Waals surface area contributed by atoms with Crippen LogP contribution in [0.2, 0.25) is 0 Å². The zero-order valence-electron chi connectivity index (χ0n) is 13.7. The average Bonchev–Trinajstić information content (AvgIpc) is 2.66. The Morgan fingerprint density at radius 1 is 1.11 bits per heavy atom. The van der Waals surface area contributed by atoms with E-state index in [1.165, 1.54) is 21.6 Å². The summed E-state index contributed by atoms with van der Waals surface area (Å²) >= 11 is 5.38. The predicted molar refractivity (Wildman–Crippen MR) is 95.7 cm³/mol. The van der Waals surface area contributed by atoms with Gasteiger partial charge in [0.1, 0.15) is 6.61 Å². The number of carbonyl (C=O) groups is 1. The highest BCUT2D eigenvalue weighted by molar-refractivity contribution is 8.76. The van der Waals surface area contributed by atoms with Crippen molar-refractivity contribution in [2.75, 3.05) is 30.5 Å². The van der Waals surface area contributed by atoms with Crippen LogP contribution in [0.15, 0.2) is 5.29 Å². The topological polar surface area (TPSA) is 79.2 Å². The van der Waals surface area contributed by atoms with Crippen molar-refractivity contribution in [1.82, 2.24) is 5.01 Å². The summed E-state index contributed by atoms with van der Waals surface area (Å²) in [6.45, 7) is -0.0696. The molecular formula is C14H15ClF4N2O4S2. The number of hydrogen-bond acceptors (Lipinski definition) is 7. The van der Waals surface area contributed by atoms with E-state index in [9.17, 15) is 27.3 Å². The minimum atomic E-state index is -1.82. The van der Waals surface area contributed by atoms with Crippen LogP contribution in [0, 0.1) is 28.2 Å². The average molecular weight is 451 g/mol. The number of nitroso groups, excluding NO2 is 1. The third kappa shape index (κ3) is 6.92. The summed E-state index contributed by atoms with van der Waals surface area (Å²) in [4.78, 5) is 21.7. The summed E-state index contributed by atoms with van der Waals surface area (Å²) in [6.07, 6.45) is -0.959. The number of amides is 1. The smallest absolute Gasteiger partial charge is 0.433 e. The van der Waals surface area contributed by atoms with Gasteiger partial charge in [0.25, 0.3) is 0 Å². The first-order valence-corrected chi connectivity index (χ1v) is 10.5. The van der Waals surface area contributed by atoms with E-state index in [1.807, 2.05) is 0 Å². The first kappa shape index (κ1) is 23.6. The molecule has 1 aromatic rings. The molecule has 0 aliphatic carbocycles. The van der Waals surface area contributed by atoms with Crippen molar-refractivity contribution >= 4 is 39.3 Å². The van der Waals surface area contributed by atoms with E-state index in [1.54, 1.807) is 0 Å². The summed E-state index contributed by atoms with van der Waals surface area (Å²) < 4.78 is 58.4. The maximum Gasteiger partial charge on any atom is 0.433 e.